The van der Waals surface area contributed by atoms with Gasteiger partial charge < -0.3 is 9.47 Å². The average molecular weight is 438 g/mol. The lowest BCUT2D eigenvalue weighted by molar-refractivity contribution is -0.123. The van der Waals surface area contributed by atoms with Gasteiger partial charge in [-0.2, -0.15) is 0 Å². The standard InChI is InChI=1S/C18H16ClN3O6S/c19-14-6-1-2-7-15(14)22-29(25,26)13-5-3-4-12(10-13)17(23)20-21-18(24)16-11-27-8-9-28-16/h1-7,10-11,22H,8-9H2,(H,20,23)(H,21,24). The first-order chi connectivity index (χ1) is 13.9. The first-order valence-electron chi connectivity index (χ1n) is 8.29. The largest absolute Gasteiger partial charge is 0.494 e. The minimum Gasteiger partial charge on any atom is -0.494 e. The van der Waals surface area contributed by atoms with E-state index in [-0.39, 0.29) is 33.5 Å². The first kappa shape index (κ1) is 20.5. The summed E-state index contributed by atoms with van der Waals surface area (Å²) in [5.41, 5.74) is 4.57. The van der Waals surface area contributed by atoms with Gasteiger partial charge in [-0.3, -0.25) is 25.2 Å². The summed E-state index contributed by atoms with van der Waals surface area (Å²) >= 11 is 5.98. The SMILES string of the molecule is O=C(NNC(=O)c1cccc(S(=O)(=O)Nc2ccccc2Cl)c1)C1=COCCO1. The zero-order valence-electron chi connectivity index (χ0n) is 14.8. The molecule has 3 rings (SSSR count). The van der Waals surface area contributed by atoms with Gasteiger partial charge >= 0.3 is 5.91 Å². The van der Waals surface area contributed by atoms with Crippen molar-refractivity contribution < 1.29 is 27.5 Å². The predicted octanol–water partition coefficient (Wildman–Crippen LogP) is 1.79. The number of hydrogen-bond donors (Lipinski definition) is 3. The molecule has 0 atom stereocenters. The van der Waals surface area contributed by atoms with Gasteiger partial charge in [-0.1, -0.05) is 29.8 Å². The number of ether oxygens (including phenoxy) is 2. The number of benzene rings is 2. The van der Waals surface area contributed by atoms with Crippen molar-refractivity contribution in [1.82, 2.24) is 10.9 Å². The third-order valence-electron chi connectivity index (χ3n) is 3.69. The van der Waals surface area contributed by atoms with Crippen LogP contribution in [0.3, 0.4) is 0 Å². The highest BCUT2D eigenvalue weighted by Gasteiger charge is 2.19. The molecular weight excluding hydrogens is 422 g/mol. The van der Waals surface area contributed by atoms with Crippen LogP contribution in [-0.4, -0.2) is 33.4 Å². The molecule has 0 spiro atoms. The Morgan fingerprint density at radius 3 is 2.45 bits per heavy atom. The minimum absolute atomic E-state index is 0.0159. The molecule has 0 saturated carbocycles. The molecule has 1 aliphatic heterocycles. The fourth-order valence-electron chi connectivity index (χ4n) is 2.29. The van der Waals surface area contributed by atoms with Crippen molar-refractivity contribution in [3.8, 4) is 0 Å². The topological polar surface area (TPSA) is 123 Å². The van der Waals surface area contributed by atoms with Crippen LogP contribution in [0.2, 0.25) is 5.02 Å². The number of hydrazine groups is 1. The van der Waals surface area contributed by atoms with Crippen LogP contribution in [0.1, 0.15) is 10.4 Å². The lowest BCUT2D eigenvalue weighted by Gasteiger charge is -2.15. The van der Waals surface area contributed by atoms with Crippen molar-refractivity contribution in [3.63, 3.8) is 0 Å². The van der Waals surface area contributed by atoms with Crippen molar-refractivity contribution in [2.75, 3.05) is 17.9 Å². The van der Waals surface area contributed by atoms with Gasteiger partial charge in [-0.25, -0.2) is 8.42 Å². The van der Waals surface area contributed by atoms with Gasteiger partial charge in [0.15, 0.2) is 0 Å². The van der Waals surface area contributed by atoms with Crippen LogP contribution >= 0.6 is 11.6 Å². The molecule has 2 amide bonds. The van der Waals surface area contributed by atoms with E-state index < -0.39 is 21.8 Å². The lowest BCUT2D eigenvalue weighted by Crippen LogP contribution is -2.43. The van der Waals surface area contributed by atoms with E-state index in [2.05, 4.69) is 15.6 Å². The van der Waals surface area contributed by atoms with E-state index in [0.717, 1.165) is 6.26 Å². The Hall–Kier alpha value is -3.24. The van der Waals surface area contributed by atoms with E-state index in [0.29, 0.717) is 6.61 Å². The molecule has 0 unspecified atom stereocenters. The summed E-state index contributed by atoms with van der Waals surface area (Å²) in [6.45, 7) is 0.540. The third kappa shape index (κ3) is 5.18. The maximum absolute atomic E-state index is 12.6. The number of sulfonamides is 1. The van der Waals surface area contributed by atoms with Gasteiger partial charge in [0.1, 0.15) is 19.5 Å². The highest BCUT2D eigenvalue weighted by Crippen LogP contribution is 2.24. The second-order valence-corrected chi connectivity index (χ2v) is 7.81. The van der Waals surface area contributed by atoms with Crippen LogP contribution in [0.4, 0.5) is 5.69 Å². The van der Waals surface area contributed by atoms with Crippen LogP contribution in [0.25, 0.3) is 0 Å². The summed E-state index contributed by atoms with van der Waals surface area (Å²) in [4.78, 5) is 24.0. The van der Waals surface area contributed by atoms with E-state index in [4.69, 9.17) is 21.1 Å². The van der Waals surface area contributed by atoms with Crippen LogP contribution in [0, 0.1) is 0 Å². The zero-order chi connectivity index (χ0) is 20.9. The number of carbonyl (C=O) groups excluding carboxylic acids is 2. The number of nitrogens with one attached hydrogen (secondary N) is 3. The maximum atomic E-state index is 12.6. The molecule has 0 radical (unpaired) electrons. The van der Waals surface area contributed by atoms with E-state index in [1.54, 1.807) is 18.2 Å². The fraction of sp³-hybridized carbons (Fsp3) is 0.111. The van der Waals surface area contributed by atoms with E-state index >= 15 is 0 Å². The molecule has 2 aromatic carbocycles. The molecule has 0 aliphatic carbocycles. The molecule has 2 aromatic rings. The molecule has 1 aliphatic rings. The molecule has 9 nitrogen and oxygen atoms in total. The summed E-state index contributed by atoms with van der Waals surface area (Å²) in [5, 5.41) is 0.232. The van der Waals surface area contributed by atoms with E-state index in [9.17, 15) is 18.0 Å². The van der Waals surface area contributed by atoms with Gasteiger partial charge in [-0.05, 0) is 30.3 Å². The summed E-state index contributed by atoms with van der Waals surface area (Å²) in [6, 6.07) is 11.6. The van der Waals surface area contributed by atoms with Crippen molar-refractivity contribution in [2.45, 2.75) is 4.90 Å². The summed E-state index contributed by atoms with van der Waals surface area (Å²) < 4.78 is 37.6. The number of rotatable bonds is 5. The maximum Gasteiger partial charge on any atom is 0.308 e. The van der Waals surface area contributed by atoms with E-state index in [1.165, 1.54) is 30.3 Å². The second kappa shape index (κ2) is 8.84. The lowest BCUT2D eigenvalue weighted by atomic mass is 10.2. The number of halogens is 1. The van der Waals surface area contributed by atoms with Gasteiger partial charge in [0, 0.05) is 5.56 Å². The van der Waals surface area contributed by atoms with E-state index in [1.807, 2.05) is 0 Å². The Morgan fingerprint density at radius 1 is 0.966 bits per heavy atom. The van der Waals surface area contributed by atoms with Gasteiger partial charge in [0.2, 0.25) is 5.76 Å². The number of para-hydroxylation sites is 1. The smallest absolute Gasteiger partial charge is 0.308 e. The Balaban J connectivity index is 1.69. The Bertz CT molecular complexity index is 1070. The number of carbonyl (C=O) groups is 2. The summed E-state index contributed by atoms with van der Waals surface area (Å²) in [5.74, 6) is -1.51. The fourth-order valence-corrected chi connectivity index (χ4v) is 3.65. The molecule has 3 N–H and O–H groups in total. The zero-order valence-corrected chi connectivity index (χ0v) is 16.4. The Morgan fingerprint density at radius 2 is 1.72 bits per heavy atom. The summed E-state index contributed by atoms with van der Waals surface area (Å²) in [6.07, 6.45) is 1.14. The highest BCUT2D eigenvalue weighted by molar-refractivity contribution is 7.92. The number of hydrogen-bond acceptors (Lipinski definition) is 6. The Labute approximate surface area is 171 Å². The van der Waals surface area contributed by atoms with Gasteiger partial charge in [-0.15, -0.1) is 0 Å². The molecule has 152 valence electrons. The first-order valence-corrected chi connectivity index (χ1v) is 10.2. The Kier molecular flexibility index (Phi) is 6.25. The highest BCUT2D eigenvalue weighted by atomic mass is 35.5. The molecule has 0 bridgehead atoms. The normalized spacial score (nSPS) is 13.3. The number of amides is 2. The van der Waals surface area contributed by atoms with Crippen molar-refractivity contribution in [1.29, 1.82) is 0 Å². The van der Waals surface area contributed by atoms with Crippen molar-refractivity contribution in [2.24, 2.45) is 0 Å². The third-order valence-corrected chi connectivity index (χ3v) is 5.38. The molecule has 11 heteroatoms. The monoisotopic (exact) mass is 437 g/mol. The van der Waals surface area contributed by atoms with Crippen molar-refractivity contribution in [3.05, 3.63) is 71.1 Å². The van der Waals surface area contributed by atoms with Crippen LogP contribution in [-0.2, 0) is 24.3 Å². The van der Waals surface area contributed by atoms with Gasteiger partial charge in [0.05, 0.1) is 15.6 Å². The van der Waals surface area contributed by atoms with Crippen LogP contribution in [0.5, 0.6) is 0 Å². The average Bonchev–Trinajstić information content (AvgIpc) is 2.74. The predicted molar refractivity (Wildman–Crippen MR) is 104 cm³/mol. The quantitative estimate of drug-likeness (QED) is 0.613. The molecular formula is C18H16ClN3O6S. The number of anilines is 1. The summed E-state index contributed by atoms with van der Waals surface area (Å²) in [7, 11) is -3.99. The van der Waals surface area contributed by atoms with Crippen molar-refractivity contribution >= 4 is 39.1 Å². The van der Waals surface area contributed by atoms with Crippen LogP contribution in [0.15, 0.2) is 65.4 Å². The molecule has 0 aromatic heterocycles. The second-order valence-electron chi connectivity index (χ2n) is 5.72. The van der Waals surface area contributed by atoms with Crippen LogP contribution < -0.4 is 15.6 Å². The molecule has 29 heavy (non-hydrogen) atoms. The molecule has 0 saturated heterocycles. The minimum atomic E-state index is -3.99. The van der Waals surface area contributed by atoms with Gasteiger partial charge in [0.25, 0.3) is 15.9 Å². The molecule has 0 fully saturated rings. The molecule has 1 heterocycles.